The molecule has 2 N–H and O–H groups in total. The molecule has 0 aromatic heterocycles. The van der Waals surface area contributed by atoms with Crippen molar-refractivity contribution in [1.82, 2.24) is 15.5 Å². The van der Waals surface area contributed by atoms with Gasteiger partial charge < -0.3 is 15.0 Å². The SMILES string of the molecule is CCCCCC(=O)C(=O)NC(=O)C1(NC(=O)N2CCOCC2)CCCCC1. The van der Waals surface area contributed by atoms with Crippen LogP contribution in [0.15, 0.2) is 0 Å². The summed E-state index contributed by atoms with van der Waals surface area (Å²) in [5, 5.41) is 5.09. The van der Waals surface area contributed by atoms with Crippen molar-refractivity contribution in [2.45, 2.75) is 70.3 Å². The van der Waals surface area contributed by atoms with E-state index in [-0.39, 0.29) is 12.5 Å². The normalized spacial score (nSPS) is 19.2. The van der Waals surface area contributed by atoms with Crippen LogP contribution in [-0.2, 0) is 19.1 Å². The van der Waals surface area contributed by atoms with E-state index < -0.39 is 23.1 Å². The van der Waals surface area contributed by atoms with Gasteiger partial charge in [0, 0.05) is 19.5 Å². The van der Waals surface area contributed by atoms with Crippen LogP contribution in [0.25, 0.3) is 0 Å². The van der Waals surface area contributed by atoms with Gasteiger partial charge in [-0.05, 0) is 19.3 Å². The molecule has 0 spiro atoms. The van der Waals surface area contributed by atoms with Gasteiger partial charge in [-0.25, -0.2) is 4.79 Å². The van der Waals surface area contributed by atoms with Gasteiger partial charge in [-0.2, -0.15) is 0 Å². The highest BCUT2D eigenvalue weighted by Crippen LogP contribution is 2.29. The lowest BCUT2D eigenvalue weighted by molar-refractivity contribution is -0.143. The fraction of sp³-hybridized carbons (Fsp3) is 0.789. The summed E-state index contributed by atoms with van der Waals surface area (Å²) in [6.07, 6.45) is 6.07. The van der Waals surface area contributed by atoms with Gasteiger partial charge in [0.15, 0.2) is 0 Å². The van der Waals surface area contributed by atoms with Crippen molar-refractivity contribution in [3.8, 4) is 0 Å². The number of hydrogen-bond acceptors (Lipinski definition) is 5. The first-order chi connectivity index (χ1) is 13.0. The maximum absolute atomic E-state index is 12.8. The van der Waals surface area contributed by atoms with E-state index in [4.69, 9.17) is 4.74 Å². The number of nitrogens with zero attached hydrogens (tertiary/aromatic N) is 1. The number of Topliss-reactive ketones (excluding diaryl/α,β-unsaturated/α-hetero) is 1. The number of imide groups is 1. The number of rotatable bonds is 7. The Kier molecular flexibility index (Phi) is 8.22. The summed E-state index contributed by atoms with van der Waals surface area (Å²) in [6.45, 7) is 3.89. The molecule has 0 bridgehead atoms. The lowest BCUT2D eigenvalue weighted by Gasteiger charge is -2.38. The van der Waals surface area contributed by atoms with Gasteiger partial charge in [0.2, 0.25) is 5.78 Å². The van der Waals surface area contributed by atoms with Crippen molar-refractivity contribution in [1.29, 1.82) is 0 Å². The Morgan fingerprint density at radius 3 is 2.30 bits per heavy atom. The number of unbranched alkanes of at least 4 members (excludes halogenated alkanes) is 2. The molecule has 27 heavy (non-hydrogen) atoms. The number of nitrogens with one attached hydrogen (secondary N) is 2. The molecule has 0 atom stereocenters. The summed E-state index contributed by atoms with van der Waals surface area (Å²) in [5.41, 5.74) is -1.13. The van der Waals surface area contributed by atoms with E-state index in [1.807, 2.05) is 6.92 Å². The van der Waals surface area contributed by atoms with Crippen molar-refractivity contribution < 1.29 is 23.9 Å². The quantitative estimate of drug-likeness (QED) is 0.514. The Labute approximate surface area is 160 Å². The van der Waals surface area contributed by atoms with Gasteiger partial charge in [-0.3, -0.25) is 19.7 Å². The van der Waals surface area contributed by atoms with E-state index in [1.54, 1.807) is 4.90 Å². The average Bonchev–Trinajstić information content (AvgIpc) is 2.69. The third kappa shape index (κ3) is 6.02. The van der Waals surface area contributed by atoms with Crippen LogP contribution in [0.3, 0.4) is 0 Å². The maximum Gasteiger partial charge on any atom is 0.318 e. The zero-order valence-corrected chi connectivity index (χ0v) is 16.2. The average molecular weight is 381 g/mol. The van der Waals surface area contributed by atoms with Crippen LogP contribution >= 0.6 is 0 Å². The summed E-state index contributed by atoms with van der Waals surface area (Å²) in [4.78, 5) is 51.1. The smallest absolute Gasteiger partial charge is 0.318 e. The molecular weight excluding hydrogens is 350 g/mol. The Hall–Kier alpha value is -1.96. The number of ketones is 1. The topological polar surface area (TPSA) is 105 Å². The molecule has 2 aliphatic rings. The molecule has 0 radical (unpaired) electrons. The molecule has 1 aliphatic carbocycles. The van der Waals surface area contributed by atoms with Crippen LogP contribution in [0.2, 0.25) is 0 Å². The number of carbonyl (C=O) groups is 4. The van der Waals surface area contributed by atoms with E-state index >= 15 is 0 Å². The summed E-state index contributed by atoms with van der Waals surface area (Å²) in [7, 11) is 0. The standard InChI is InChI=1S/C19H31N3O5/c1-2-3-5-8-15(23)16(24)20-17(25)19(9-6-4-7-10-19)21-18(26)22-11-13-27-14-12-22/h2-14H2,1H3,(H,21,26)(H,20,24,25). The first-order valence-corrected chi connectivity index (χ1v) is 10.0. The first kappa shape index (κ1) is 21.3. The maximum atomic E-state index is 12.8. The summed E-state index contributed by atoms with van der Waals surface area (Å²) >= 11 is 0. The van der Waals surface area contributed by atoms with Crippen LogP contribution in [0, 0.1) is 0 Å². The summed E-state index contributed by atoms with van der Waals surface area (Å²) < 4.78 is 5.25. The largest absolute Gasteiger partial charge is 0.378 e. The van der Waals surface area contributed by atoms with Crippen LogP contribution in [0.5, 0.6) is 0 Å². The predicted octanol–water partition coefficient (Wildman–Crippen LogP) is 1.52. The van der Waals surface area contributed by atoms with Gasteiger partial charge in [0.05, 0.1) is 13.2 Å². The number of carbonyl (C=O) groups excluding carboxylic acids is 4. The lowest BCUT2D eigenvalue weighted by Crippen LogP contribution is -2.63. The molecule has 0 aromatic carbocycles. The minimum absolute atomic E-state index is 0.139. The van der Waals surface area contributed by atoms with Gasteiger partial charge in [-0.15, -0.1) is 0 Å². The molecule has 2 rings (SSSR count). The first-order valence-electron chi connectivity index (χ1n) is 10.0. The Morgan fingerprint density at radius 1 is 1.00 bits per heavy atom. The molecule has 8 heteroatoms. The summed E-state index contributed by atoms with van der Waals surface area (Å²) in [5.74, 6) is -2.03. The third-order valence-electron chi connectivity index (χ3n) is 5.27. The second-order valence-electron chi connectivity index (χ2n) is 7.34. The van der Waals surface area contributed by atoms with E-state index in [2.05, 4.69) is 10.6 Å². The molecule has 0 aromatic rings. The molecule has 0 unspecified atom stereocenters. The fourth-order valence-corrected chi connectivity index (χ4v) is 3.56. The summed E-state index contributed by atoms with van der Waals surface area (Å²) in [6, 6.07) is -0.322. The highest BCUT2D eigenvalue weighted by Gasteiger charge is 2.43. The predicted molar refractivity (Wildman–Crippen MR) is 99.0 cm³/mol. The molecular formula is C19H31N3O5. The highest BCUT2D eigenvalue weighted by atomic mass is 16.5. The van der Waals surface area contributed by atoms with E-state index in [1.165, 1.54) is 0 Å². The number of hydrogen-bond donors (Lipinski definition) is 2. The second-order valence-corrected chi connectivity index (χ2v) is 7.34. The zero-order valence-electron chi connectivity index (χ0n) is 16.2. The van der Waals surface area contributed by atoms with Crippen molar-refractivity contribution in [3.05, 3.63) is 0 Å². The molecule has 2 fully saturated rings. The van der Waals surface area contributed by atoms with Crippen LogP contribution in [0.4, 0.5) is 4.79 Å². The van der Waals surface area contributed by atoms with Gasteiger partial charge >= 0.3 is 6.03 Å². The molecule has 1 saturated carbocycles. The van der Waals surface area contributed by atoms with Gasteiger partial charge in [-0.1, -0.05) is 39.0 Å². The van der Waals surface area contributed by atoms with Crippen LogP contribution < -0.4 is 10.6 Å². The number of ether oxygens (including phenoxy) is 1. The van der Waals surface area contributed by atoms with E-state index in [9.17, 15) is 19.2 Å². The van der Waals surface area contributed by atoms with Crippen molar-refractivity contribution in [2.24, 2.45) is 0 Å². The monoisotopic (exact) mass is 381 g/mol. The van der Waals surface area contributed by atoms with Crippen LogP contribution in [0.1, 0.15) is 64.7 Å². The minimum Gasteiger partial charge on any atom is -0.378 e. The number of morpholine rings is 1. The lowest BCUT2D eigenvalue weighted by atomic mass is 9.81. The van der Waals surface area contributed by atoms with Gasteiger partial charge in [0.25, 0.3) is 11.8 Å². The minimum atomic E-state index is -1.13. The zero-order chi connectivity index (χ0) is 19.7. The second kappa shape index (κ2) is 10.4. The molecule has 152 valence electrons. The molecule has 1 saturated heterocycles. The van der Waals surface area contributed by atoms with Crippen molar-refractivity contribution in [3.63, 3.8) is 0 Å². The van der Waals surface area contributed by atoms with E-state index in [0.717, 1.165) is 32.1 Å². The number of amides is 4. The molecule has 1 heterocycles. The number of urea groups is 1. The fourth-order valence-electron chi connectivity index (χ4n) is 3.56. The highest BCUT2D eigenvalue weighted by molar-refractivity contribution is 6.39. The Balaban J connectivity index is 1.98. The molecule has 8 nitrogen and oxygen atoms in total. The third-order valence-corrected chi connectivity index (χ3v) is 5.27. The van der Waals surface area contributed by atoms with Crippen molar-refractivity contribution >= 4 is 23.6 Å². The van der Waals surface area contributed by atoms with E-state index in [0.29, 0.717) is 45.6 Å². The molecule has 4 amide bonds. The van der Waals surface area contributed by atoms with Crippen molar-refractivity contribution in [2.75, 3.05) is 26.3 Å². The van der Waals surface area contributed by atoms with Gasteiger partial charge in [0.1, 0.15) is 5.54 Å². The Bertz CT molecular complexity index is 552. The Morgan fingerprint density at radius 2 is 1.67 bits per heavy atom. The molecule has 1 aliphatic heterocycles. The van der Waals surface area contributed by atoms with Crippen LogP contribution in [-0.4, -0.2) is 60.4 Å².